The molecule has 1 aromatic carbocycles. The molecule has 0 bridgehead atoms. The molecule has 2 N–H and O–H groups in total. The number of rotatable bonds is 4. The van der Waals surface area contributed by atoms with E-state index < -0.39 is 30.8 Å². The summed E-state index contributed by atoms with van der Waals surface area (Å²) in [5.74, 6) is -0.234. The number of nitrogens with two attached hydrogens (primary N) is 1. The number of amides is 1. The van der Waals surface area contributed by atoms with Crippen LogP contribution in [0.3, 0.4) is 0 Å². The minimum absolute atomic E-state index is 0.0961. The van der Waals surface area contributed by atoms with Crippen LogP contribution in [0.15, 0.2) is 24.3 Å². The molecular formula is C16H21F3N2O2. The Labute approximate surface area is 133 Å². The number of carbonyl (C=O) groups is 1. The van der Waals surface area contributed by atoms with E-state index in [9.17, 15) is 18.0 Å². The van der Waals surface area contributed by atoms with Gasteiger partial charge in [0.1, 0.15) is 11.8 Å². The molecule has 0 unspecified atom stereocenters. The van der Waals surface area contributed by atoms with E-state index in [1.165, 1.54) is 0 Å². The van der Waals surface area contributed by atoms with Gasteiger partial charge in [0.2, 0.25) is 0 Å². The fourth-order valence-corrected chi connectivity index (χ4v) is 2.66. The van der Waals surface area contributed by atoms with Crippen LogP contribution in [0.1, 0.15) is 25.3 Å². The SMILES string of the molecule is CCc1ccc(OCC(=O)N2C[C@@H](N)CC[C@@H]2C(F)(F)F)cc1. The topological polar surface area (TPSA) is 55.6 Å². The van der Waals surface area contributed by atoms with Crippen LogP contribution < -0.4 is 10.5 Å². The second kappa shape index (κ2) is 7.21. The number of piperidine rings is 1. The Morgan fingerprint density at radius 2 is 1.96 bits per heavy atom. The van der Waals surface area contributed by atoms with Crippen molar-refractivity contribution in [2.24, 2.45) is 5.73 Å². The van der Waals surface area contributed by atoms with Gasteiger partial charge in [-0.25, -0.2) is 0 Å². The molecule has 0 spiro atoms. The smallest absolute Gasteiger partial charge is 0.408 e. The summed E-state index contributed by atoms with van der Waals surface area (Å²) in [6.07, 6.45) is -3.48. The fourth-order valence-electron chi connectivity index (χ4n) is 2.66. The molecule has 2 atom stereocenters. The van der Waals surface area contributed by atoms with Crippen molar-refractivity contribution in [2.75, 3.05) is 13.2 Å². The highest BCUT2D eigenvalue weighted by Gasteiger charge is 2.47. The van der Waals surface area contributed by atoms with E-state index in [2.05, 4.69) is 0 Å². The van der Waals surface area contributed by atoms with Crippen molar-refractivity contribution in [3.63, 3.8) is 0 Å². The van der Waals surface area contributed by atoms with E-state index in [0.29, 0.717) is 5.75 Å². The lowest BCUT2D eigenvalue weighted by molar-refractivity contribution is -0.197. The number of benzene rings is 1. The molecule has 1 amide bonds. The van der Waals surface area contributed by atoms with Crippen LogP contribution in [-0.4, -0.2) is 42.2 Å². The third-order valence-corrected chi connectivity index (χ3v) is 4.01. The van der Waals surface area contributed by atoms with E-state index in [-0.39, 0.29) is 19.4 Å². The van der Waals surface area contributed by atoms with Gasteiger partial charge in [0.15, 0.2) is 6.61 Å². The number of carbonyl (C=O) groups excluding carboxylic acids is 1. The predicted octanol–water partition coefficient (Wildman–Crippen LogP) is 2.51. The lowest BCUT2D eigenvalue weighted by Crippen LogP contribution is -2.57. The number of ether oxygens (including phenoxy) is 1. The zero-order valence-electron chi connectivity index (χ0n) is 13.0. The highest BCUT2D eigenvalue weighted by Crippen LogP contribution is 2.31. The lowest BCUT2D eigenvalue weighted by Gasteiger charge is -2.39. The van der Waals surface area contributed by atoms with Crippen LogP contribution in [0, 0.1) is 0 Å². The summed E-state index contributed by atoms with van der Waals surface area (Å²) in [6.45, 7) is 1.49. The molecule has 0 aliphatic carbocycles. The molecule has 0 saturated carbocycles. The molecule has 1 aromatic rings. The summed E-state index contributed by atoms with van der Waals surface area (Å²) in [6, 6.07) is 4.91. The van der Waals surface area contributed by atoms with E-state index in [1.807, 2.05) is 19.1 Å². The molecule has 7 heteroatoms. The van der Waals surface area contributed by atoms with Crippen molar-refractivity contribution in [1.82, 2.24) is 4.90 Å². The van der Waals surface area contributed by atoms with E-state index >= 15 is 0 Å². The number of hydrogen-bond acceptors (Lipinski definition) is 3. The third kappa shape index (κ3) is 4.60. The Morgan fingerprint density at radius 3 is 2.52 bits per heavy atom. The fraction of sp³-hybridized carbons (Fsp3) is 0.562. The Bertz CT molecular complexity index is 531. The van der Waals surface area contributed by atoms with Gasteiger partial charge in [0.25, 0.3) is 5.91 Å². The summed E-state index contributed by atoms with van der Waals surface area (Å²) in [5.41, 5.74) is 6.82. The Balaban J connectivity index is 1.99. The normalized spacial score (nSPS) is 22.0. The molecule has 2 rings (SSSR count). The van der Waals surface area contributed by atoms with Crippen molar-refractivity contribution in [1.29, 1.82) is 0 Å². The largest absolute Gasteiger partial charge is 0.484 e. The van der Waals surface area contributed by atoms with Crippen LogP contribution >= 0.6 is 0 Å². The van der Waals surface area contributed by atoms with Gasteiger partial charge >= 0.3 is 6.18 Å². The monoisotopic (exact) mass is 330 g/mol. The maximum Gasteiger partial charge on any atom is 0.408 e. The quantitative estimate of drug-likeness (QED) is 0.923. The summed E-state index contributed by atoms with van der Waals surface area (Å²) in [5, 5.41) is 0. The summed E-state index contributed by atoms with van der Waals surface area (Å²) in [4.78, 5) is 12.9. The first-order valence-electron chi connectivity index (χ1n) is 7.64. The van der Waals surface area contributed by atoms with Gasteiger partial charge in [-0.15, -0.1) is 0 Å². The first-order valence-corrected chi connectivity index (χ1v) is 7.64. The lowest BCUT2D eigenvalue weighted by atomic mass is 9.98. The molecule has 1 aliphatic rings. The van der Waals surface area contributed by atoms with Gasteiger partial charge in [-0.1, -0.05) is 19.1 Å². The standard InChI is InChI=1S/C16H21F3N2O2/c1-2-11-3-6-13(7-4-11)23-10-15(22)21-9-12(20)5-8-14(21)16(17,18)19/h3-4,6-7,12,14H,2,5,8-10,20H2,1H3/t12-,14+/m0/s1. The first-order chi connectivity index (χ1) is 10.8. The van der Waals surface area contributed by atoms with Gasteiger partial charge in [-0.3, -0.25) is 4.79 Å². The molecule has 1 aliphatic heterocycles. The van der Waals surface area contributed by atoms with Crippen molar-refractivity contribution in [3.8, 4) is 5.75 Å². The Hall–Kier alpha value is -1.76. The minimum atomic E-state index is -4.45. The van der Waals surface area contributed by atoms with Gasteiger partial charge in [-0.2, -0.15) is 13.2 Å². The number of likely N-dealkylation sites (tertiary alicyclic amines) is 1. The molecule has 4 nitrogen and oxygen atoms in total. The highest BCUT2D eigenvalue weighted by atomic mass is 19.4. The molecule has 1 fully saturated rings. The minimum Gasteiger partial charge on any atom is -0.484 e. The number of halogens is 3. The maximum absolute atomic E-state index is 13.0. The van der Waals surface area contributed by atoms with Gasteiger partial charge < -0.3 is 15.4 Å². The molecular weight excluding hydrogens is 309 g/mol. The number of alkyl halides is 3. The summed E-state index contributed by atoms with van der Waals surface area (Å²) < 4.78 is 44.5. The van der Waals surface area contributed by atoms with E-state index in [0.717, 1.165) is 16.9 Å². The number of aryl methyl sites for hydroxylation is 1. The van der Waals surface area contributed by atoms with Gasteiger partial charge in [0, 0.05) is 12.6 Å². The van der Waals surface area contributed by atoms with E-state index in [1.54, 1.807) is 12.1 Å². The molecule has 23 heavy (non-hydrogen) atoms. The first kappa shape index (κ1) is 17.6. The van der Waals surface area contributed by atoms with Crippen LogP contribution in [0.25, 0.3) is 0 Å². The average Bonchev–Trinajstić information content (AvgIpc) is 2.51. The van der Waals surface area contributed by atoms with Crippen LogP contribution in [0.5, 0.6) is 5.75 Å². The van der Waals surface area contributed by atoms with Crippen molar-refractivity contribution >= 4 is 5.91 Å². The third-order valence-electron chi connectivity index (χ3n) is 4.01. The Morgan fingerprint density at radius 1 is 1.30 bits per heavy atom. The average molecular weight is 330 g/mol. The number of hydrogen-bond donors (Lipinski definition) is 1. The summed E-state index contributed by atoms with van der Waals surface area (Å²) >= 11 is 0. The molecule has 0 radical (unpaired) electrons. The van der Waals surface area contributed by atoms with E-state index in [4.69, 9.17) is 10.5 Å². The van der Waals surface area contributed by atoms with Crippen LogP contribution in [0.4, 0.5) is 13.2 Å². The van der Waals surface area contributed by atoms with Gasteiger partial charge in [-0.05, 0) is 37.0 Å². The van der Waals surface area contributed by atoms with Crippen molar-refractivity contribution in [3.05, 3.63) is 29.8 Å². The summed E-state index contributed by atoms with van der Waals surface area (Å²) in [7, 11) is 0. The highest BCUT2D eigenvalue weighted by molar-refractivity contribution is 5.78. The zero-order chi connectivity index (χ0) is 17.0. The van der Waals surface area contributed by atoms with Crippen molar-refractivity contribution in [2.45, 2.75) is 44.4 Å². The zero-order valence-corrected chi connectivity index (χ0v) is 13.0. The van der Waals surface area contributed by atoms with Gasteiger partial charge in [0.05, 0.1) is 0 Å². The molecule has 1 heterocycles. The Kier molecular flexibility index (Phi) is 5.51. The predicted molar refractivity (Wildman–Crippen MR) is 80.1 cm³/mol. The van der Waals surface area contributed by atoms with Crippen LogP contribution in [-0.2, 0) is 11.2 Å². The number of nitrogens with zero attached hydrogens (tertiary/aromatic N) is 1. The second-order valence-corrected chi connectivity index (χ2v) is 5.73. The maximum atomic E-state index is 13.0. The van der Waals surface area contributed by atoms with Crippen LogP contribution in [0.2, 0.25) is 0 Å². The molecule has 128 valence electrons. The van der Waals surface area contributed by atoms with Crippen molar-refractivity contribution < 1.29 is 22.7 Å². The molecule has 1 saturated heterocycles. The second-order valence-electron chi connectivity index (χ2n) is 5.73. The molecule has 0 aromatic heterocycles.